The summed E-state index contributed by atoms with van der Waals surface area (Å²) < 4.78 is 5.47. The zero-order valence-electron chi connectivity index (χ0n) is 12.2. The highest BCUT2D eigenvalue weighted by Crippen LogP contribution is 2.24. The number of ether oxygens (including phenoxy) is 1. The summed E-state index contributed by atoms with van der Waals surface area (Å²) in [7, 11) is 0. The second kappa shape index (κ2) is 5.92. The number of halogens is 1. The van der Waals surface area contributed by atoms with Gasteiger partial charge >= 0.3 is 5.97 Å². The number of nitrogens with one attached hydrogen (secondary N) is 1. The Labute approximate surface area is 128 Å². The Kier molecular flexibility index (Phi) is 4.40. The molecule has 2 aromatic rings. The quantitative estimate of drug-likeness (QED) is 0.877. The SMILES string of the molecule is Cc1cc(-c2ccc(Cl)cc2)[nH]c1COC(C)(C)C(=O)O. The van der Waals surface area contributed by atoms with Gasteiger partial charge in [-0.2, -0.15) is 0 Å². The predicted molar refractivity (Wildman–Crippen MR) is 82.5 cm³/mol. The second-order valence-corrected chi connectivity index (χ2v) is 5.89. The minimum Gasteiger partial charge on any atom is -0.479 e. The fourth-order valence-electron chi connectivity index (χ4n) is 1.85. The van der Waals surface area contributed by atoms with Crippen LogP contribution in [0.2, 0.25) is 5.02 Å². The molecule has 1 aromatic heterocycles. The highest BCUT2D eigenvalue weighted by atomic mass is 35.5. The molecule has 1 aromatic carbocycles. The summed E-state index contributed by atoms with van der Waals surface area (Å²) in [5.41, 5.74) is 2.66. The molecular formula is C16H18ClNO3. The van der Waals surface area contributed by atoms with Gasteiger partial charge in [0.2, 0.25) is 0 Å². The second-order valence-electron chi connectivity index (χ2n) is 5.46. The average Bonchev–Trinajstić information content (AvgIpc) is 2.78. The fraction of sp³-hybridized carbons (Fsp3) is 0.312. The van der Waals surface area contributed by atoms with E-state index in [1.165, 1.54) is 13.8 Å². The van der Waals surface area contributed by atoms with Crippen molar-refractivity contribution in [1.82, 2.24) is 4.98 Å². The van der Waals surface area contributed by atoms with Crippen LogP contribution in [0.1, 0.15) is 25.1 Å². The molecule has 0 atom stereocenters. The van der Waals surface area contributed by atoms with E-state index < -0.39 is 11.6 Å². The Hall–Kier alpha value is -1.78. The van der Waals surface area contributed by atoms with E-state index in [0.29, 0.717) is 5.02 Å². The molecule has 0 amide bonds. The van der Waals surface area contributed by atoms with Gasteiger partial charge < -0.3 is 14.8 Å². The zero-order valence-corrected chi connectivity index (χ0v) is 13.0. The first-order valence-electron chi connectivity index (χ1n) is 6.61. The van der Waals surface area contributed by atoms with Gasteiger partial charge in [0.15, 0.2) is 5.60 Å². The van der Waals surface area contributed by atoms with Crippen LogP contribution >= 0.6 is 11.6 Å². The van der Waals surface area contributed by atoms with Crippen molar-refractivity contribution in [3.63, 3.8) is 0 Å². The van der Waals surface area contributed by atoms with Crippen LogP contribution in [0.4, 0.5) is 0 Å². The maximum atomic E-state index is 11.0. The predicted octanol–water partition coefficient (Wildman–Crippen LogP) is 4.02. The summed E-state index contributed by atoms with van der Waals surface area (Å²) in [5.74, 6) is -0.982. The molecule has 0 aliphatic rings. The van der Waals surface area contributed by atoms with Crippen LogP contribution in [0.3, 0.4) is 0 Å². The molecule has 0 fully saturated rings. The largest absolute Gasteiger partial charge is 0.479 e. The van der Waals surface area contributed by atoms with Crippen molar-refractivity contribution in [2.75, 3.05) is 0 Å². The van der Waals surface area contributed by atoms with E-state index in [4.69, 9.17) is 21.4 Å². The lowest BCUT2D eigenvalue weighted by atomic mass is 10.1. The van der Waals surface area contributed by atoms with Gasteiger partial charge in [-0.1, -0.05) is 23.7 Å². The summed E-state index contributed by atoms with van der Waals surface area (Å²) in [4.78, 5) is 14.3. The third-order valence-corrected chi connectivity index (χ3v) is 3.62. The molecule has 0 spiro atoms. The first-order valence-corrected chi connectivity index (χ1v) is 6.99. The van der Waals surface area contributed by atoms with E-state index >= 15 is 0 Å². The lowest BCUT2D eigenvalue weighted by Gasteiger charge is -2.19. The number of H-pyrrole nitrogens is 1. The molecular weight excluding hydrogens is 290 g/mol. The monoisotopic (exact) mass is 307 g/mol. The maximum absolute atomic E-state index is 11.0. The van der Waals surface area contributed by atoms with E-state index in [0.717, 1.165) is 22.5 Å². The van der Waals surface area contributed by atoms with Crippen LogP contribution < -0.4 is 0 Å². The molecule has 0 saturated carbocycles. The first-order chi connectivity index (χ1) is 9.79. The van der Waals surface area contributed by atoms with Crippen LogP contribution in [0.25, 0.3) is 11.3 Å². The number of carbonyl (C=O) groups is 1. The van der Waals surface area contributed by atoms with E-state index in [2.05, 4.69) is 4.98 Å². The lowest BCUT2D eigenvalue weighted by Crippen LogP contribution is -2.34. The highest BCUT2D eigenvalue weighted by molar-refractivity contribution is 6.30. The molecule has 0 unspecified atom stereocenters. The van der Waals surface area contributed by atoms with Crippen LogP contribution in [-0.2, 0) is 16.1 Å². The number of hydrogen-bond acceptors (Lipinski definition) is 2. The number of rotatable bonds is 5. The Balaban J connectivity index is 2.16. The van der Waals surface area contributed by atoms with Gasteiger partial charge in [0, 0.05) is 16.4 Å². The summed E-state index contributed by atoms with van der Waals surface area (Å²) in [6.07, 6.45) is 0. The van der Waals surface area contributed by atoms with Gasteiger partial charge in [0.1, 0.15) is 0 Å². The maximum Gasteiger partial charge on any atom is 0.335 e. The minimum absolute atomic E-state index is 0.221. The van der Waals surface area contributed by atoms with Crippen molar-refractivity contribution in [2.45, 2.75) is 33.0 Å². The lowest BCUT2D eigenvalue weighted by molar-refractivity contribution is -0.162. The standard InChI is InChI=1S/C16H18ClNO3/c1-10-8-13(11-4-6-12(17)7-5-11)18-14(10)9-21-16(2,3)15(19)20/h4-8,18H,9H2,1-3H3,(H,19,20). The van der Waals surface area contributed by atoms with Gasteiger partial charge in [-0.05, 0) is 50.1 Å². The van der Waals surface area contributed by atoms with Crippen molar-refractivity contribution >= 4 is 17.6 Å². The molecule has 0 radical (unpaired) electrons. The van der Waals surface area contributed by atoms with Gasteiger partial charge in [0.05, 0.1) is 6.61 Å². The van der Waals surface area contributed by atoms with E-state index in [9.17, 15) is 4.79 Å². The van der Waals surface area contributed by atoms with Crippen molar-refractivity contribution < 1.29 is 14.6 Å². The normalized spacial score (nSPS) is 11.6. The first kappa shape index (κ1) is 15.6. The van der Waals surface area contributed by atoms with Gasteiger partial charge in [0.25, 0.3) is 0 Å². The van der Waals surface area contributed by atoms with Crippen LogP contribution in [-0.4, -0.2) is 21.7 Å². The molecule has 1 heterocycles. The Morgan fingerprint density at radius 2 is 1.95 bits per heavy atom. The smallest absolute Gasteiger partial charge is 0.335 e. The number of aromatic nitrogens is 1. The van der Waals surface area contributed by atoms with E-state index in [-0.39, 0.29) is 6.61 Å². The van der Waals surface area contributed by atoms with Crippen molar-refractivity contribution in [3.05, 3.63) is 46.6 Å². The summed E-state index contributed by atoms with van der Waals surface area (Å²) in [6, 6.07) is 9.53. The van der Waals surface area contributed by atoms with Crippen LogP contribution in [0, 0.1) is 6.92 Å². The highest BCUT2D eigenvalue weighted by Gasteiger charge is 2.28. The van der Waals surface area contributed by atoms with Gasteiger partial charge in [-0.15, -0.1) is 0 Å². The van der Waals surface area contributed by atoms with E-state index in [1.807, 2.05) is 37.3 Å². The number of aliphatic carboxylic acids is 1. The fourth-order valence-corrected chi connectivity index (χ4v) is 1.98. The van der Waals surface area contributed by atoms with Gasteiger partial charge in [-0.3, -0.25) is 0 Å². The van der Waals surface area contributed by atoms with Gasteiger partial charge in [-0.25, -0.2) is 4.79 Å². The van der Waals surface area contributed by atoms with Crippen molar-refractivity contribution in [3.8, 4) is 11.3 Å². The summed E-state index contributed by atoms with van der Waals surface area (Å²) >= 11 is 5.88. The third-order valence-electron chi connectivity index (χ3n) is 3.37. The zero-order chi connectivity index (χ0) is 15.6. The number of carboxylic acid groups (broad SMARTS) is 1. The Morgan fingerprint density at radius 3 is 2.52 bits per heavy atom. The molecule has 2 rings (SSSR count). The Morgan fingerprint density at radius 1 is 1.33 bits per heavy atom. The number of carboxylic acids is 1. The average molecular weight is 308 g/mol. The Bertz CT molecular complexity index is 644. The molecule has 5 heteroatoms. The minimum atomic E-state index is -1.21. The molecule has 112 valence electrons. The van der Waals surface area contributed by atoms with Crippen LogP contribution in [0.5, 0.6) is 0 Å². The van der Waals surface area contributed by atoms with E-state index in [1.54, 1.807) is 0 Å². The summed E-state index contributed by atoms with van der Waals surface area (Å²) in [5, 5.41) is 9.74. The molecule has 0 aliphatic carbocycles. The van der Waals surface area contributed by atoms with Crippen molar-refractivity contribution in [2.24, 2.45) is 0 Å². The molecule has 4 nitrogen and oxygen atoms in total. The molecule has 0 bridgehead atoms. The molecule has 2 N–H and O–H groups in total. The molecule has 0 saturated heterocycles. The van der Waals surface area contributed by atoms with Crippen molar-refractivity contribution in [1.29, 1.82) is 0 Å². The summed E-state index contributed by atoms with van der Waals surface area (Å²) in [6.45, 7) is 5.25. The molecule has 0 aliphatic heterocycles. The third kappa shape index (κ3) is 3.65. The number of hydrogen-bond donors (Lipinski definition) is 2. The number of benzene rings is 1. The van der Waals surface area contributed by atoms with Crippen LogP contribution in [0.15, 0.2) is 30.3 Å². The topological polar surface area (TPSA) is 62.3 Å². The number of aromatic amines is 1. The molecule has 21 heavy (non-hydrogen) atoms. The number of aryl methyl sites for hydroxylation is 1.